The van der Waals surface area contributed by atoms with Crippen LogP contribution in [0.1, 0.15) is 34.0 Å². The van der Waals surface area contributed by atoms with Gasteiger partial charge in [0.25, 0.3) is 5.91 Å². The second-order valence-corrected chi connectivity index (χ2v) is 5.74. The van der Waals surface area contributed by atoms with Crippen molar-refractivity contribution in [3.63, 3.8) is 0 Å². The van der Waals surface area contributed by atoms with Gasteiger partial charge in [0.15, 0.2) is 5.76 Å². The van der Waals surface area contributed by atoms with E-state index < -0.39 is 12.0 Å². The molecule has 25 heavy (non-hydrogen) atoms. The van der Waals surface area contributed by atoms with E-state index in [1.807, 2.05) is 0 Å². The van der Waals surface area contributed by atoms with E-state index in [9.17, 15) is 14.4 Å². The number of aromatic nitrogens is 2. The molecule has 0 aromatic carbocycles. The van der Waals surface area contributed by atoms with Crippen LogP contribution >= 0.6 is 0 Å². The highest BCUT2D eigenvalue weighted by atomic mass is 16.4. The second kappa shape index (κ2) is 6.80. The van der Waals surface area contributed by atoms with Crippen LogP contribution in [0.25, 0.3) is 0 Å². The van der Waals surface area contributed by atoms with Crippen molar-refractivity contribution in [3.05, 3.63) is 42.1 Å². The number of amides is 2. The number of hydrogen-bond acceptors (Lipinski definition) is 5. The molecule has 2 aromatic heterocycles. The molecule has 3 rings (SSSR count). The molecule has 1 saturated heterocycles. The first-order valence-electron chi connectivity index (χ1n) is 7.87. The molecule has 0 spiro atoms. The van der Waals surface area contributed by atoms with Gasteiger partial charge < -0.3 is 19.3 Å². The maximum Gasteiger partial charge on any atom is 0.354 e. The largest absolute Gasteiger partial charge is 0.477 e. The summed E-state index contributed by atoms with van der Waals surface area (Å²) in [5.74, 6) is -1.29. The molecule has 9 nitrogen and oxygen atoms in total. The summed E-state index contributed by atoms with van der Waals surface area (Å²) in [5, 5.41) is 13.1. The van der Waals surface area contributed by atoms with Crippen LogP contribution in [0.3, 0.4) is 0 Å². The molecule has 1 atom stereocenters. The van der Waals surface area contributed by atoms with Crippen molar-refractivity contribution in [2.75, 3.05) is 26.2 Å². The molecule has 0 bridgehead atoms. The van der Waals surface area contributed by atoms with E-state index in [2.05, 4.69) is 5.10 Å². The fourth-order valence-corrected chi connectivity index (χ4v) is 2.85. The highest BCUT2D eigenvalue weighted by Gasteiger charge is 2.30. The second-order valence-electron chi connectivity index (χ2n) is 5.74. The molecule has 1 aliphatic heterocycles. The Kier molecular flexibility index (Phi) is 4.55. The van der Waals surface area contributed by atoms with E-state index in [1.54, 1.807) is 28.9 Å². The Hall–Kier alpha value is -3.10. The number of carboxylic acid groups (broad SMARTS) is 1. The quantitative estimate of drug-likeness (QED) is 0.874. The zero-order valence-corrected chi connectivity index (χ0v) is 13.7. The Balaban J connectivity index is 1.62. The standard InChI is InChI=1S/C16H18N4O5/c1-11(20-12(16(23)24)4-5-17-20)14(21)18-6-8-19(9-7-18)15(22)13-3-2-10-25-13/h2-5,10-11H,6-9H2,1H3,(H,23,24). The number of carbonyl (C=O) groups is 3. The molecule has 2 aromatic rings. The summed E-state index contributed by atoms with van der Waals surface area (Å²) < 4.78 is 6.31. The van der Waals surface area contributed by atoms with Crippen molar-refractivity contribution in [1.82, 2.24) is 19.6 Å². The summed E-state index contributed by atoms with van der Waals surface area (Å²) in [6.07, 6.45) is 2.80. The van der Waals surface area contributed by atoms with Crippen molar-refractivity contribution in [3.8, 4) is 0 Å². The van der Waals surface area contributed by atoms with E-state index in [-0.39, 0.29) is 23.3 Å². The fourth-order valence-electron chi connectivity index (χ4n) is 2.85. The molecule has 0 radical (unpaired) electrons. The molecule has 0 aliphatic carbocycles. The van der Waals surface area contributed by atoms with Gasteiger partial charge >= 0.3 is 5.97 Å². The third-order valence-electron chi connectivity index (χ3n) is 4.22. The van der Waals surface area contributed by atoms with E-state index >= 15 is 0 Å². The number of hydrogen-bond donors (Lipinski definition) is 1. The number of piperazine rings is 1. The van der Waals surface area contributed by atoms with Crippen molar-refractivity contribution in [1.29, 1.82) is 0 Å². The van der Waals surface area contributed by atoms with Gasteiger partial charge in [-0.2, -0.15) is 5.10 Å². The zero-order valence-electron chi connectivity index (χ0n) is 13.7. The Bertz CT molecular complexity index is 774. The van der Waals surface area contributed by atoms with Crippen molar-refractivity contribution in [2.24, 2.45) is 0 Å². The Labute approximate surface area is 143 Å². The number of aromatic carboxylic acids is 1. The van der Waals surface area contributed by atoms with Crippen LogP contribution in [-0.4, -0.2) is 68.6 Å². The molecule has 3 heterocycles. The van der Waals surface area contributed by atoms with Crippen molar-refractivity contribution in [2.45, 2.75) is 13.0 Å². The SMILES string of the molecule is CC(C(=O)N1CCN(C(=O)c2ccco2)CC1)n1nccc1C(=O)O. The summed E-state index contributed by atoms with van der Waals surface area (Å²) in [5.41, 5.74) is -0.0347. The molecule has 9 heteroatoms. The third kappa shape index (κ3) is 3.25. The lowest BCUT2D eigenvalue weighted by Crippen LogP contribution is -2.52. The first kappa shape index (κ1) is 16.7. The summed E-state index contributed by atoms with van der Waals surface area (Å²) >= 11 is 0. The Morgan fingerprint density at radius 2 is 1.84 bits per heavy atom. The lowest BCUT2D eigenvalue weighted by Gasteiger charge is -2.35. The van der Waals surface area contributed by atoms with Crippen LogP contribution < -0.4 is 0 Å². The molecular weight excluding hydrogens is 328 g/mol. The average molecular weight is 346 g/mol. The summed E-state index contributed by atoms with van der Waals surface area (Å²) in [6, 6.07) is 3.88. The number of nitrogens with zero attached hydrogens (tertiary/aromatic N) is 4. The van der Waals surface area contributed by atoms with Crippen LogP contribution in [0, 0.1) is 0 Å². The third-order valence-corrected chi connectivity index (χ3v) is 4.22. The summed E-state index contributed by atoms with van der Waals surface area (Å²) in [6.45, 7) is 3.15. The van der Waals surface area contributed by atoms with Crippen LogP contribution in [0.2, 0.25) is 0 Å². The molecule has 1 fully saturated rings. The van der Waals surface area contributed by atoms with E-state index in [0.29, 0.717) is 26.2 Å². The number of carboxylic acids is 1. The topological polar surface area (TPSA) is 109 Å². The number of carbonyl (C=O) groups excluding carboxylic acids is 2. The van der Waals surface area contributed by atoms with Gasteiger partial charge in [0.05, 0.1) is 6.26 Å². The summed E-state index contributed by atoms with van der Waals surface area (Å²) in [7, 11) is 0. The van der Waals surface area contributed by atoms with E-state index in [4.69, 9.17) is 9.52 Å². The molecule has 1 unspecified atom stereocenters. The van der Waals surface area contributed by atoms with Gasteiger partial charge in [-0.15, -0.1) is 0 Å². The minimum atomic E-state index is -1.13. The minimum Gasteiger partial charge on any atom is -0.477 e. The normalized spacial score (nSPS) is 15.9. The van der Waals surface area contributed by atoms with Gasteiger partial charge in [0.1, 0.15) is 11.7 Å². The predicted octanol–water partition coefficient (Wildman–Crippen LogP) is 0.720. The molecular formula is C16H18N4O5. The minimum absolute atomic E-state index is 0.0347. The first-order valence-corrected chi connectivity index (χ1v) is 7.87. The van der Waals surface area contributed by atoms with Crippen molar-refractivity contribution < 1.29 is 23.9 Å². The maximum absolute atomic E-state index is 12.6. The highest BCUT2D eigenvalue weighted by molar-refractivity contribution is 5.91. The van der Waals surface area contributed by atoms with Crippen LogP contribution in [0.4, 0.5) is 0 Å². The predicted molar refractivity (Wildman–Crippen MR) is 85.1 cm³/mol. The van der Waals surface area contributed by atoms with Crippen LogP contribution in [0.5, 0.6) is 0 Å². The van der Waals surface area contributed by atoms with E-state index in [0.717, 1.165) is 0 Å². The molecule has 1 aliphatic rings. The fraction of sp³-hybridized carbons (Fsp3) is 0.375. The monoisotopic (exact) mass is 346 g/mol. The van der Waals surface area contributed by atoms with Crippen LogP contribution in [0.15, 0.2) is 35.1 Å². The lowest BCUT2D eigenvalue weighted by atomic mass is 10.2. The smallest absolute Gasteiger partial charge is 0.354 e. The maximum atomic E-state index is 12.6. The molecule has 0 saturated carbocycles. The van der Waals surface area contributed by atoms with Crippen LogP contribution in [-0.2, 0) is 4.79 Å². The van der Waals surface area contributed by atoms with Gasteiger partial charge in [0, 0.05) is 32.4 Å². The zero-order chi connectivity index (χ0) is 18.0. The van der Waals surface area contributed by atoms with Gasteiger partial charge in [-0.1, -0.05) is 0 Å². The average Bonchev–Trinajstić information content (AvgIpc) is 3.31. The lowest BCUT2D eigenvalue weighted by molar-refractivity contribution is -0.136. The van der Waals surface area contributed by atoms with Gasteiger partial charge in [0.2, 0.25) is 5.91 Å². The van der Waals surface area contributed by atoms with Gasteiger partial charge in [-0.25, -0.2) is 9.48 Å². The number of furan rings is 1. The Morgan fingerprint density at radius 1 is 1.16 bits per heavy atom. The molecule has 1 N–H and O–H groups in total. The summed E-state index contributed by atoms with van der Waals surface area (Å²) in [4.78, 5) is 39.3. The van der Waals surface area contributed by atoms with E-state index in [1.165, 1.54) is 23.2 Å². The number of rotatable bonds is 4. The van der Waals surface area contributed by atoms with Gasteiger partial charge in [-0.3, -0.25) is 9.59 Å². The Morgan fingerprint density at radius 3 is 2.44 bits per heavy atom. The highest BCUT2D eigenvalue weighted by Crippen LogP contribution is 2.15. The molecule has 132 valence electrons. The van der Waals surface area contributed by atoms with Crippen molar-refractivity contribution >= 4 is 17.8 Å². The van der Waals surface area contributed by atoms with Gasteiger partial charge in [-0.05, 0) is 25.1 Å². The first-order chi connectivity index (χ1) is 12.0. The molecule has 2 amide bonds.